The molecule has 0 aliphatic rings. The van der Waals surface area contributed by atoms with Gasteiger partial charge in [0.2, 0.25) is 0 Å². The summed E-state index contributed by atoms with van der Waals surface area (Å²) in [5.74, 6) is -0.261. The van der Waals surface area contributed by atoms with E-state index in [1.54, 1.807) is 17.4 Å². The van der Waals surface area contributed by atoms with E-state index in [-0.39, 0.29) is 24.3 Å². The third-order valence-electron chi connectivity index (χ3n) is 2.20. The molecule has 5 heteroatoms. The Labute approximate surface area is 112 Å². The van der Waals surface area contributed by atoms with Crippen LogP contribution in [-0.2, 0) is 0 Å². The molecule has 0 bridgehead atoms. The molecular formula is C11H10BrClFNS. The minimum atomic E-state index is -0.261. The van der Waals surface area contributed by atoms with Gasteiger partial charge in [-0.25, -0.2) is 4.39 Å². The van der Waals surface area contributed by atoms with Crippen LogP contribution in [0, 0.1) is 5.82 Å². The lowest BCUT2D eigenvalue weighted by atomic mass is 10.0. The van der Waals surface area contributed by atoms with Gasteiger partial charge in [0, 0.05) is 4.47 Å². The summed E-state index contributed by atoms with van der Waals surface area (Å²) < 4.78 is 13.6. The predicted octanol–water partition coefficient (Wildman–Crippen LogP) is 4.12. The summed E-state index contributed by atoms with van der Waals surface area (Å²) in [6.45, 7) is 0. The Kier molecular flexibility index (Phi) is 4.92. The van der Waals surface area contributed by atoms with Crippen LogP contribution in [-0.4, -0.2) is 0 Å². The van der Waals surface area contributed by atoms with Crippen molar-refractivity contribution < 1.29 is 4.39 Å². The van der Waals surface area contributed by atoms with Crippen LogP contribution in [0.3, 0.4) is 0 Å². The van der Waals surface area contributed by atoms with E-state index in [9.17, 15) is 4.39 Å². The molecular weight excluding hydrogens is 313 g/mol. The lowest BCUT2D eigenvalue weighted by molar-refractivity contribution is 0.625. The smallest absolute Gasteiger partial charge is 0.124 e. The zero-order valence-electron chi connectivity index (χ0n) is 8.19. The fraction of sp³-hybridized carbons (Fsp3) is 0.0909. The molecule has 0 unspecified atom stereocenters. The van der Waals surface area contributed by atoms with Gasteiger partial charge in [-0.05, 0) is 40.1 Å². The van der Waals surface area contributed by atoms with Gasteiger partial charge >= 0.3 is 0 Å². The molecule has 1 aromatic carbocycles. The molecule has 1 heterocycles. The van der Waals surface area contributed by atoms with Crippen LogP contribution in [0.1, 0.15) is 17.2 Å². The van der Waals surface area contributed by atoms with Crippen LogP contribution in [0.25, 0.3) is 0 Å². The monoisotopic (exact) mass is 321 g/mol. The predicted molar refractivity (Wildman–Crippen MR) is 71.7 cm³/mol. The molecule has 0 spiro atoms. The maximum atomic E-state index is 12.9. The van der Waals surface area contributed by atoms with E-state index in [4.69, 9.17) is 5.73 Å². The van der Waals surface area contributed by atoms with Gasteiger partial charge in [0.05, 0.1) is 6.04 Å². The summed E-state index contributed by atoms with van der Waals surface area (Å²) in [5.41, 5.74) is 8.01. The normalized spacial score (nSPS) is 11.9. The molecule has 0 saturated heterocycles. The molecule has 0 radical (unpaired) electrons. The fourth-order valence-corrected chi connectivity index (χ4v) is 2.68. The Balaban J connectivity index is 0.00000128. The summed E-state index contributed by atoms with van der Waals surface area (Å²) in [7, 11) is 0. The Morgan fingerprint density at radius 3 is 2.62 bits per heavy atom. The minimum absolute atomic E-state index is 0. The number of hydrogen-bond acceptors (Lipinski definition) is 2. The second-order valence-electron chi connectivity index (χ2n) is 3.20. The number of halogens is 3. The second kappa shape index (κ2) is 5.77. The first-order chi connectivity index (χ1) is 7.18. The van der Waals surface area contributed by atoms with Gasteiger partial charge in [0.25, 0.3) is 0 Å². The van der Waals surface area contributed by atoms with Crippen LogP contribution >= 0.6 is 39.7 Å². The molecule has 0 amide bonds. The average Bonchev–Trinajstić information content (AvgIpc) is 2.69. The molecule has 2 rings (SSSR count). The zero-order valence-corrected chi connectivity index (χ0v) is 11.4. The van der Waals surface area contributed by atoms with Crippen molar-refractivity contribution in [1.82, 2.24) is 0 Å². The third-order valence-corrected chi connectivity index (χ3v) is 3.59. The first kappa shape index (κ1) is 13.6. The SMILES string of the molecule is Cl.N[C@H](c1ccsc1)c1ccc(F)cc1Br. The molecule has 0 saturated carbocycles. The second-order valence-corrected chi connectivity index (χ2v) is 4.83. The molecule has 1 nitrogen and oxygen atoms in total. The highest BCUT2D eigenvalue weighted by molar-refractivity contribution is 9.10. The van der Waals surface area contributed by atoms with E-state index in [0.29, 0.717) is 4.47 Å². The summed E-state index contributed by atoms with van der Waals surface area (Å²) in [5, 5.41) is 3.98. The highest BCUT2D eigenvalue weighted by Crippen LogP contribution is 2.28. The van der Waals surface area contributed by atoms with Crippen molar-refractivity contribution in [2.45, 2.75) is 6.04 Å². The average molecular weight is 323 g/mol. The Morgan fingerprint density at radius 2 is 2.06 bits per heavy atom. The molecule has 2 N–H and O–H groups in total. The molecule has 1 aromatic heterocycles. The lowest BCUT2D eigenvalue weighted by Crippen LogP contribution is -2.11. The molecule has 1 atom stereocenters. The van der Waals surface area contributed by atoms with Gasteiger partial charge < -0.3 is 5.73 Å². The third kappa shape index (κ3) is 2.83. The topological polar surface area (TPSA) is 26.0 Å². The standard InChI is InChI=1S/C11H9BrFNS.ClH/c12-10-5-8(13)1-2-9(10)11(14)7-3-4-15-6-7;/h1-6,11H,14H2;1H/t11-;/m1./s1. The van der Waals surface area contributed by atoms with E-state index in [2.05, 4.69) is 15.9 Å². The maximum Gasteiger partial charge on any atom is 0.124 e. The van der Waals surface area contributed by atoms with Crippen molar-refractivity contribution in [3.05, 3.63) is 56.4 Å². The quantitative estimate of drug-likeness (QED) is 0.884. The summed E-state index contributed by atoms with van der Waals surface area (Å²) >= 11 is 4.92. The minimum Gasteiger partial charge on any atom is -0.320 e. The zero-order chi connectivity index (χ0) is 10.8. The number of rotatable bonds is 2. The Bertz CT molecular complexity index is 461. The first-order valence-corrected chi connectivity index (χ1v) is 6.14. The molecule has 86 valence electrons. The maximum absolute atomic E-state index is 12.9. The molecule has 0 aliphatic heterocycles. The van der Waals surface area contributed by atoms with Crippen LogP contribution in [0.4, 0.5) is 4.39 Å². The van der Waals surface area contributed by atoms with Gasteiger partial charge in [-0.1, -0.05) is 22.0 Å². The van der Waals surface area contributed by atoms with Gasteiger partial charge in [0.1, 0.15) is 5.82 Å². The molecule has 0 aliphatic carbocycles. The number of thiophene rings is 1. The van der Waals surface area contributed by atoms with E-state index >= 15 is 0 Å². The summed E-state index contributed by atoms with van der Waals surface area (Å²) in [4.78, 5) is 0. The van der Waals surface area contributed by atoms with Gasteiger partial charge in [-0.15, -0.1) is 12.4 Å². The van der Waals surface area contributed by atoms with Crippen LogP contribution in [0.5, 0.6) is 0 Å². The first-order valence-electron chi connectivity index (χ1n) is 4.41. The fourth-order valence-electron chi connectivity index (χ4n) is 1.39. The lowest BCUT2D eigenvalue weighted by Gasteiger charge is -2.12. The molecule has 0 fully saturated rings. The molecule has 2 aromatic rings. The van der Waals surface area contributed by atoms with Crippen molar-refractivity contribution in [3.63, 3.8) is 0 Å². The number of benzene rings is 1. The molecule has 16 heavy (non-hydrogen) atoms. The number of hydrogen-bond donors (Lipinski definition) is 1. The Morgan fingerprint density at radius 1 is 1.31 bits per heavy atom. The number of nitrogens with two attached hydrogens (primary N) is 1. The highest BCUT2D eigenvalue weighted by Gasteiger charge is 2.12. The van der Waals surface area contributed by atoms with Crippen LogP contribution < -0.4 is 5.73 Å². The van der Waals surface area contributed by atoms with Gasteiger partial charge in [-0.2, -0.15) is 11.3 Å². The van der Waals surface area contributed by atoms with Crippen molar-refractivity contribution in [2.75, 3.05) is 0 Å². The van der Waals surface area contributed by atoms with E-state index in [1.165, 1.54) is 12.1 Å². The van der Waals surface area contributed by atoms with Gasteiger partial charge in [0.15, 0.2) is 0 Å². The Hall–Kier alpha value is -0.420. The van der Waals surface area contributed by atoms with Crippen LogP contribution in [0.15, 0.2) is 39.5 Å². The van der Waals surface area contributed by atoms with Crippen molar-refractivity contribution >= 4 is 39.7 Å². The van der Waals surface area contributed by atoms with E-state index < -0.39 is 0 Å². The summed E-state index contributed by atoms with van der Waals surface area (Å²) in [6, 6.07) is 6.34. The van der Waals surface area contributed by atoms with E-state index in [0.717, 1.165) is 11.1 Å². The summed E-state index contributed by atoms with van der Waals surface area (Å²) in [6.07, 6.45) is 0. The van der Waals surface area contributed by atoms with Crippen molar-refractivity contribution in [2.24, 2.45) is 5.73 Å². The van der Waals surface area contributed by atoms with Crippen molar-refractivity contribution in [3.8, 4) is 0 Å². The van der Waals surface area contributed by atoms with Gasteiger partial charge in [-0.3, -0.25) is 0 Å². The highest BCUT2D eigenvalue weighted by atomic mass is 79.9. The van der Waals surface area contributed by atoms with Crippen molar-refractivity contribution in [1.29, 1.82) is 0 Å². The van der Waals surface area contributed by atoms with E-state index in [1.807, 2.05) is 16.8 Å². The van der Waals surface area contributed by atoms with Crippen LogP contribution in [0.2, 0.25) is 0 Å². The largest absolute Gasteiger partial charge is 0.320 e.